The number of hydrogen-bond acceptors (Lipinski definition) is 6. The molecule has 3 rings (SSSR count). The molecule has 130 valence electrons. The number of aromatic nitrogens is 2. The number of rotatable bonds is 4. The molecule has 1 aromatic carbocycles. The summed E-state index contributed by atoms with van der Waals surface area (Å²) in [5.41, 5.74) is 0.113. The maximum Gasteiger partial charge on any atom is 0.146 e. The van der Waals surface area contributed by atoms with Crippen LogP contribution in [0.15, 0.2) is 46.9 Å². The fourth-order valence-corrected chi connectivity index (χ4v) is 3.67. The van der Waals surface area contributed by atoms with Gasteiger partial charge >= 0.3 is 0 Å². The fraction of sp³-hybridized carbons (Fsp3) is 0.0556. The van der Waals surface area contributed by atoms with Crippen LogP contribution >= 0.6 is 23.1 Å². The largest absolute Gasteiger partial charge is 0.506 e. The highest BCUT2D eigenvalue weighted by Gasteiger charge is 2.20. The number of halogens is 2. The molecule has 2 heterocycles. The molecule has 0 unspecified atom stereocenters. The molecule has 0 spiro atoms. The van der Waals surface area contributed by atoms with Crippen molar-refractivity contribution in [3.05, 3.63) is 64.1 Å². The lowest BCUT2D eigenvalue weighted by Crippen LogP contribution is -1.95. The maximum absolute atomic E-state index is 13.9. The van der Waals surface area contributed by atoms with E-state index in [4.69, 9.17) is 0 Å². The summed E-state index contributed by atoms with van der Waals surface area (Å²) >= 11 is 2.34. The molecule has 4 nitrogen and oxygen atoms in total. The van der Waals surface area contributed by atoms with Crippen molar-refractivity contribution in [3.8, 4) is 17.3 Å². The van der Waals surface area contributed by atoms with Crippen LogP contribution in [0.4, 0.5) is 8.78 Å². The van der Waals surface area contributed by atoms with Crippen LogP contribution in [0.2, 0.25) is 0 Å². The zero-order chi connectivity index (χ0) is 18.7. The second-order valence-electron chi connectivity index (χ2n) is 5.03. The number of thiazole rings is 1. The normalized spacial score (nSPS) is 11.8. The minimum atomic E-state index is -0.745. The summed E-state index contributed by atoms with van der Waals surface area (Å²) in [6, 6.07) is 8.73. The van der Waals surface area contributed by atoms with Crippen LogP contribution in [0.25, 0.3) is 22.6 Å². The smallest absolute Gasteiger partial charge is 0.146 e. The summed E-state index contributed by atoms with van der Waals surface area (Å²) in [7, 11) is 0. The van der Waals surface area contributed by atoms with Crippen molar-refractivity contribution in [2.24, 2.45) is 0 Å². The molecule has 0 amide bonds. The quantitative estimate of drug-likeness (QED) is 0.381. The van der Waals surface area contributed by atoms with E-state index in [1.165, 1.54) is 23.2 Å². The third-order valence-corrected chi connectivity index (χ3v) is 5.08. The van der Waals surface area contributed by atoms with Crippen LogP contribution in [0.1, 0.15) is 10.6 Å². The van der Waals surface area contributed by atoms with E-state index >= 15 is 0 Å². The molecule has 0 saturated carbocycles. The highest BCUT2D eigenvalue weighted by Crippen LogP contribution is 2.33. The molecule has 0 aliphatic heterocycles. The molecule has 0 bridgehead atoms. The molecule has 0 fully saturated rings. The molecule has 26 heavy (non-hydrogen) atoms. The van der Waals surface area contributed by atoms with Gasteiger partial charge < -0.3 is 5.11 Å². The standard InChI is InChI=1S/C18H11F2N3OS2/c1-25-17-10(4-3-7-22-17)16(24)11(8-21)18-23-14(9-26-18)15-12(19)5-2-6-13(15)20/h2-7,9,24H,1H3. The van der Waals surface area contributed by atoms with Crippen molar-refractivity contribution in [1.29, 1.82) is 5.26 Å². The Bertz CT molecular complexity index is 1020. The minimum Gasteiger partial charge on any atom is -0.506 e. The highest BCUT2D eigenvalue weighted by molar-refractivity contribution is 7.98. The van der Waals surface area contributed by atoms with Crippen molar-refractivity contribution in [3.63, 3.8) is 0 Å². The molecule has 3 aromatic rings. The van der Waals surface area contributed by atoms with E-state index in [0.717, 1.165) is 23.5 Å². The molecule has 0 aliphatic carbocycles. The molecule has 2 aromatic heterocycles. The van der Waals surface area contributed by atoms with Crippen molar-refractivity contribution in [2.45, 2.75) is 5.03 Å². The van der Waals surface area contributed by atoms with Crippen molar-refractivity contribution in [1.82, 2.24) is 9.97 Å². The molecule has 1 N–H and O–H groups in total. The van der Waals surface area contributed by atoms with E-state index in [2.05, 4.69) is 9.97 Å². The van der Waals surface area contributed by atoms with Gasteiger partial charge in [-0.05, 0) is 30.5 Å². The average molecular weight is 387 g/mol. The third-order valence-electron chi connectivity index (χ3n) is 3.51. The third kappa shape index (κ3) is 3.31. The lowest BCUT2D eigenvalue weighted by Gasteiger charge is -2.06. The van der Waals surface area contributed by atoms with Gasteiger partial charge in [0.25, 0.3) is 0 Å². The zero-order valence-electron chi connectivity index (χ0n) is 13.4. The molecule has 0 aliphatic rings. The van der Waals surface area contributed by atoms with Gasteiger partial charge in [-0.25, -0.2) is 18.7 Å². The van der Waals surface area contributed by atoms with E-state index in [1.807, 2.05) is 6.07 Å². The highest BCUT2D eigenvalue weighted by atomic mass is 32.2. The zero-order valence-corrected chi connectivity index (χ0v) is 15.0. The van der Waals surface area contributed by atoms with Gasteiger partial charge in [0.1, 0.15) is 39.1 Å². The first-order valence-electron chi connectivity index (χ1n) is 7.29. The van der Waals surface area contributed by atoms with Gasteiger partial charge in [0.15, 0.2) is 0 Å². The molecule has 0 saturated heterocycles. The second kappa shape index (κ2) is 7.64. The second-order valence-corrected chi connectivity index (χ2v) is 6.68. The van der Waals surface area contributed by atoms with Crippen molar-refractivity contribution >= 4 is 34.4 Å². The van der Waals surface area contributed by atoms with Gasteiger partial charge in [-0.1, -0.05) is 6.07 Å². The van der Waals surface area contributed by atoms with Gasteiger partial charge in [0.05, 0.1) is 16.8 Å². The predicted octanol–water partition coefficient (Wildman–Crippen LogP) is 5.16. The van der Waals surface area contributed by atoms with Crippen LogP contribution in [-0.4, -0.2) is 21.3 Å². The number of hydrogen-bond donors (Lipinski definition) is 1. The number of thioether (sulfide) groups is 1. The van der Waals surface area contributed by atoms with E-state index in [0.29, 0.717) is 10.6 Å². The minimum absolute atomic E-state index is 0.0671. The van der Waals surface area contributed by atoms with Crippen LogP contribution in [0.5, 0.6) is 0 Å². The molecular weight excluding hydrogens is 376 g/mol. The number of allylic oxidation sites excluding steroid dienone is 1. The summed E-state index contributed by atoms with van der Waals surface area (Å²) in [6.07, 6.45) is 3.38. The lowest BCUT2D eigenvalue weighted by molar-refractivity contribution is 0.511. The Balaban J connectivity index is 2.11. The topological polar surface area (TPSA) is 69.8 Å². The van der Waals surface area contributed by atoms with E-state index in [1.54, 1.807) is 24.6 Å². The Kier molecular flexibility index (Phi) is 5.30. The number of aliphatic hydroxyl groups excluding tert-OH is 1. The Morgan fingerprint density at radius 1 is 1.23 bits per heavy atom. The van der Waals surface area contributed by atoms with Crippen LogP contribution in [0.3, 0.4) is 0 Å². The Labute approximate surface area is 156 Å². The molecular formula is C18H11F2N3OS2. The van der Waals surface area contributed by atoms with Gasteiger partial charge in [-0.3, -0.25) is 0 Å². The van der Waals surface area contributed by atoms with Gasteiger partial charge in [-0.2, -0.15) is 5.26 Å². The Hall–Kier alpha value is -2.76. The fourth-order valence-electron chi connectivity index (χ4n) is 2.32. The first-order valence-corrected chi connectivity index (χ1v) is 9.40. The van der Waals surface area contributed by atoms with Gasteiger partial charge in [-0.15, -0.1) is 23.1 Å². The van der Waals surface area contributed by atoms with E-state index < -0.39 is 11.6 Å². The van der Waals surface area contributed by atoms with Crippen LogP contribution < -0.4 is 0 Å². The van der Waals surface area contributed by atoms with Crippen molar-refractivity contribution < 1.29 is 13.9 Å². The van der Waals surface area contributed by atoms with E-state index in [-0.39, 0.29) is 27.6 Å². The Morgan fingerprint density at radius 2 is 1.96 bits per heavy atom. The number of pyridine rings is 1. The maximum atomic E-state index is 13.9. The van der Waals surface area contributed by atoms with Crippen LogP contribution in [0, 0.1) is 23.0 Å². The monoisotopic (exact) mass is 387 g/mol. The van der Waals surface area contributed by atoms with Crippen molar-refractivity contribution in [2.75, 3.05) is 6.26 Å². The van der Waals surface area contributed by atoms with E-state index in [9.17, 15) is 19.1 Å². The summed E-state index contributed by atoms with van der Waals surface area (Å²) in [6.45, 7) is 0. The SMILES string of the molecule is CSc1ncccc1C(O)=C(C#N)c1nc(-c2c(F)cccc2F)cs1. The first-order chi connectivity index (χ1) is 12.6. The van der Waals surface area contributed by atoms with Gasteiger partial charge in [0.2, 0.25) is 0 Å². The first kappa shape index (κ1) is 18.0. The summed E-state index contributed by atoms with van der Waals surface area (Å²) in [5.74, 6) is -1.77. The van der Waals surface area contributed by atoms with Crippen LogP contribution in [-0.2, 0) is 0 Å². The van der Waals surface area contributed by atoms with Gasteiger partial charge in [0, 0.05) is 11.6 Å². The number of nitriles is 1. The summed E-state index contributed by atoms with van der Waals surface area (Å²) in [5, 5.41) is 22.2. The summed E-state index contributed by atoms with van der Waals surface area (Å²) in [4.78, 5) is 8.29. The summed E-state index contributed by atoms with van der Waals surface area (Å²) < 4.78 is 27.9. The molecule has 0 atom stereocenters. The lowest BCUT2D eigenvalue weighted by atomic mass is 10.1. The molecule has 0 radical (unpaired) electrons. The number of aliphatic hydroxyl groups is 1. The number of nitrogens with zero attached hydrogens (tertiary/aromatic N) is 3. The predicted molar refractivity (Wildman–Crippen MR) is 98.5 cm³/mol. The molecule has 8 heteroatoms. The number of benzene rings is 1. The average Bonchev–Trinajstić information content (AvgIpc) is 3.11. The Morgan fingerprint density at radius 3 is 2.62 bits per heavy atom.